The molecule has 0 fully saturated rings. The Bertz CT molecular complexity index is 803. The molecule has 2 rings (SSSR count). The molecule has 1 heterocycles. The van der Waals surface area contributed by atoms with E-state index in [1.165, 1.54) is 24.3 Å². The van der Waals surface area contributed by atoms with Crippen molar-refractivity contribution in [2.45, 2.75) is 26.2 Å². The van der Waals surface area contributed by atoms with Gasteiger partial charge in [0.15, 0.2) is 17.3 Å². The van der Waals surface area contributed by atoms with Crippen molar-refractivity contribution < 1.29 is 27.4 Å². The summed E-state index contributed by atoms with van der Waals surface area (Å²) in [5.41, 5.74) is 0.615. The maximum atomic E-state index is 12.6. The molecule has 1 amide bonds. The average molecular weight is 383 g/mol. The number of ether oxygens (including phenoxy) is 2. The molecule has 0 spiro atoms. The van der Waals surface area contributed by atoms with E-state index in [1.807, 2.05) is 6.92 Å². The molecule has 0 saturated heterocycles. The Balaban J connectivity index is 2.35. The zero-order valence-corrected chi connectivity index (χ0v) is 15.0. The summed E-state index contributed by atoms with van der Waals surface area (Å²) in [6.07, 6.45) is -2.17. The van der Waals surface area contributed by atoms with Gasteiger partial charge in [-0.3, -0.25) is 14.4 Å². The highest BCUT2D eigenvalue weighted by Gasteiger charge is 2.29. The molecule has 0 unspecified atom stereocenters. The molecule has 0 bridgehead atoms. The van der Waals surface area contributed by atoms with Crippen LogP contribution >= 0.6 is 0 Å². The first-order valence-corrected chi connectivity index (χ1v) is 8.11. The number of para-hydroxylation sites is 1. The number of hydrogen-bond acceptors (Lipinski definition) is 4. The molecule has 146 valence electrons. The highest BCUT2D eigenvalue weighted by molar-refractivity contribution is 6.00. The predicted octanol–water partition coefficient (Wildman–Crippen LogP) is 3.57. The number of rotatable bonds is 8. The summed E-state index contributed by atoms with van der Waals surface area (Å²) in [4.78, 5) is 13.5. The lowest BCUT2D eigenvalue weighted by atomic mass is 10.1. The number of benzene rings is 1. The van der Waals surface area contributed by atoms with Gasteiger partial charge in [-0.25, -0.2) is 0 Å². The molecule has 0 aliphatic rings. The standard InChI is InChI=1S/C18H20F3N3O3/c1-4-16(25)24(15-9-10-23(22-15)12-18(19,20)21)11-13-7-6-8-14(27-5-2)17(13)26-3/h4,6-10H,1,5,11-12H2,2-3H3. The van der Waals surface area contributed by atoms with Gasteiger partial charge in [-0.05, 0) is 19.1 Å². The second-order valence-electron chi connectivity index (χ2n) is 5.50. The third-order valence-electron chi connectivity index (χ3n) is 3.58. The normalized spacial score (nSPS) is 11.1. The van der Waals surface area contributed by atoms with E-state index in [-0.39, 0.29) is 12.4 Å². The Morgan fingerprint density at radius 3 is 2.70 bits per heavy atom. The van der Waals surface area contributed by atoms with E-state index in [0.717, 1.165) is 10.8 Å². The van der Waals surface area contributed by atoms with Gasteiger partial charge in [-0.15, -0.1) is 0 Å². The van der Waals surface area contributed by atoms with Crippen molar-refractivity contribution >= 4 is 11.7 Å². The van der Waals surface area contributed by atoms with E-state index in [9.17, 15) is 18.0 Å². The Hall–Kier alpha value is -2.97. The zero-order valence-electron chi connectivity index (χ0n) is 15.0. The molecule has 9 heteroatoms. The number of amides is 1. The van der Waals surface area contributed by atoms with Crippen LogP contribution in [-0.2, 0) is 17.9 Å². The second-order valence-corrected chi connectivity index (χ2v) is 5.50. The lowest BCUT2D eigenvalue weighted by molar-refractivity contribution is -0.142. The smallest absolute Gasteiger partial charge is 0.408 e. The fourth-order valence-electron chi connectivity index (χ4n) is 2.51. The van der Waals surface area contributed by atoms with Gasteiger partial charge in [0.2, 0.25) is 0 Å². The van der Waals surface area contributed by atoms with Crippen LogP contribution in [-0.4, -0.2) is 35.6 Å². The van der Waals surface area contributed by atoms with E-state index < -0.39 is 18.6 Å². The van der Waals surface area contributed by atoms with E-state index in [1.54, 1.807) is 18.2 Å². The van der Waals surface area contributed by atoms with Crippen molar-refractivity contribution in [3.8, 4) is 11.5 Å². The average Bonchev–Trinajstić information content (AvgIpc) is 3.05. The summed E-state index contributed by atoms with van der Waals surface area (Å²) in [5, 5.41) is 3.86. The van der Waals surface area contributed by atoms with Crippen LogP contribution in [0.1, 0.15) is 12.5 Å². The number of methoxy groups -OCH3 is 1. The minimum Gasteiger partial charge on any atom is -0.493 e. The van der Waals surface area contributed by atoms with Crippen LogP contribution in [0.4, 0.5) is 19.0 Å². The Morgan fingerprint density at radius 1 is 1.37 bits per heavy atom. The highest BCUT2D eigenvalue weighted by atomic mass is 19.4. The van der Waals surface area contributed by atoms with Crippen LogP contribution in [0.15, 0.2) is 43.1 Å². The number of anilines is 1. The molecular formula is C18H20F3N3O3. The number of carbonyl (C=O) groups excluding carboxylic acids is 1. The van der Waals surface area contributed by atoms with Gasteiger partial charge in [-0.1, -0.05) is 18.7 Å². The van der Waals surface area contributed by atoms with Crippen LogP contribution in [0, 0.1) is 0 Å². The van der Waals surface area contributed by atoms with E-state index in [2.05, 4.69) is 11.7 Å². The largest absolute Gasteiger partial charge is 0.493 e. The van der Waals surface area contributed by atoms with Gasteiger partial charge < -0.3 is 9.47 Å². The number of halogens is 3. The Labute approximate surface area is 154 Å². The van der Waals surface area contributed by atoms with Crippen molar-refractivity contribution in [2.75, 3.05) is 18.6 Å². The number of alkyl halides is 3. The predicted molar refractivity (Wildman–Crippen MR) is 93.8 cm³/mol. The van der Waals surface area contributed by atoms with Gasteiger partial charge in [0.25, 0.3) is 5.91 Å². The molecule has 2 aromatic rings. The van der Waals surface area contributed by atoms with Crippen molar-refractivity contribution in [3.05, 3.63) is 48.7 Å². The van der Waals surface area contributed by atoms with E-state index in [0.29, 0.717) is 23.7 Å². The van der Waals surface area contributed by atoms with Crippen LogP contribution in [0.5, 0.6) is 11.5 Å². The summed E-state index contributed by atoms with van der Waals surface area (Å²) in [6.45, 7) is 4.48. The molecule has 0 aliphatic heterocycles. The lowest BCUT2D eigenvalue weighted by Gasteiger charge is -2.21. The Morgan fingerprint density at radius 2 is 2.11 bits per heavy atom. The summed E-state index contributed by atoms with van der Waals surface area (Å²) in [7, 11) is 1.47. The summed E-state index contributed by atoms with van der Waals surface area (Å²) in [5.74, 6) is 0.520. The van der Waals surface area contributed by atoms with Crippen LogP contribution < -0.4 is 14.4 Å². The molecule has 0 aliphatic carbocycles. The monoisotopic (exact) mass is 383 g/mol. The molecule has 27 heavy (non-hydrogen) atoms. The third-order valence-corrected chi connectivity index (χ3v) is 3.58. The van der Waals surface area contributed by atoms with Crippen LogP contribution in [0.3, 0.4) is 0 Å². The molecule has 0 atom stereocenters. The summed E-state index contributed by atoms with van der Waals surface area (Å²) >= 11 is 0. The first-order valence-electron chi connectivity index (χ1n) is 8.11. The number of hydrogen-bond donors (Lipinski definition) is 0. The van der Waals surface area contributed by atoms with Crippen molar-refractivity contribution in [2.24, 2.45) is 0 Å². The van der Waals surface area contributed by atoms with Crippen LogP contribution in [0.25, 0.3) is 0 Å². The topological polar surface area (TPSA) is 56.6 Å². The Kier molecular flexibility index (Phi) is 6.49. The van der Waals surface area contributed by atoms with E-state index in [4.69, 9.17) is 9.47 Å². The molecule has 6 nitrogen and oxygen atoms in total. The summed E-state index contributed by atoms with van der Waals surface area (Å²) < 4.78 is 49.3. The van der Waals surface area contributed by atoms with Gasteiger partial charge in [-0.2, -0.15) is 18.3 Å². The highest BCUT2D eigenvalue weighted by Crippen LogP contribution is 2.32. The van der Waals surface area contributed by atoms with Gasteiger partial charge in [0.1, 0.15) is 6.54 Å². The first kappa shape index (κ1) is 20.3. The molecular weight excluding hydrogens is 363 g/mol. The minimum absolute atomic E-state index is 0.0258. The number of nitrogens with zero attached hydrogens (tertiary/aromatic N) is 3. The maximum Gasteiger partial charge on any atom is 0.408 e. The van der Waals surface area contributed by atoms with Gasteiger partial charge in [0.05, 0.1) is 20.3 Å². The molecule has 0 N–H and O–H groups in total. The maximum absolute atomic E-state index is 12.6. The third kappa shape index (κ3) is 5.25. The lowest BCUT2D eigenvalue weighted by Crippen LogP contribution is -2.29. The number of carbonyl (C=O) groups is 1. The summed E-state index contributed by atoms with van der Waals surface area (Å²) in [6, 6.07) is 6.54. The molecule has 1 aromatic carbocycles. The molecule has 0 saturated carbocycles. The quantitative estimate of drug-likeness (QED) is 0.654. The molecule has 1 aromatic heterocycles. The van der Waals surface area contributed by atoms with Gasteiger partial charge >= 0.3 is 6.18 Å². The fourth-order valence-corrected chi connectivity index (χ4v) is 2.51. The molecule has 0 radical (unpaired) electrons. The van der Waals surface area contributed by atoms with Crippen molar-refractivity contribution in [3.63, 3.8) is 0 Å². The van der Waals surface area contributed by atoms with E-state index >= 15 is 0 Å². The van der Waals surface area contributed by atoms with Crippen molar-refractivity contribution in [1.82, 2.24) is 9.78 Å². The second kappa shape index (κ2) is 8.61. The number of aromatic nitrogens is 2. The minimum atomic E-state index is -4.41. The van der Waals surface area contributed by atoms with Crippen molar-refractivity contribution in [1.29, 1.82) is 0 Å². The van der Waals surface area contributed by atoms with Gasteiger partial charge in [0, 0.05) is 17.8 Å². The first-order chi connectivity index (χ1) is 12.8. The SMILES string of the molecule is C=CC(=O)N(Cc1cccc(OCC)c1OC)c1ccn(CC(F)(F)F)n1. The fraction of sp³-hybridized carbons (Fsp3) is 0.333. The van der Waals surface area contributed by atoms with Crippen LogP contribution in [0.2, 0.25) is 0 Å². The zero-order chi connectivity index (χ0) is 20.0.